The number of sulfonamides is 1. The van der Waals surface area contributed by atoms with E-state index in [4.69, 9.17) is 0 Å². The molecule has 34 heavy (non-hydrogen) atoms. The number of carbonyl (C=O) groups is 2. The average molecular weight is 484 g/mol. The van der Waals surface area contributed by atoms with Gasteiger partial charge in [0.05, 0.1) is 17.5 Å². The third-order valence-electron chi connectivity index (χ3n) is 5.09. The Labute approximate surface area is 199 Å². The molecule has 0 saturated heterocycles. The summed E-state index contributed by atoms with van der Waals surface area (Å²) in [5.74, 6) is -0.371. The van der Waals surface area contributed by atoms with E-state index in [-0.39, 0.29) is 12.5 Å². The molecule has 10 heteroatoms. The minimum absolute atomic E-state index is 0.265. The molecule has 3 rings (SSSR count). The van der Waals surface area contributed by atoms with E-state index in [1.165, 1.54) is 0 Å². The molecule has 2 aromatic carbocycles. The molecule has 0 radical (unpaired) electrons. The highest BCUT2D eigenvalue weighted by Crippen LogP contribution is 2.21. The Morgan fingerprint density at radius 2 is 1.74 bits per heavy atom. The quantitative estimate of drug-likeness (QED) is 0.312. The van der Waals surface area contributed by atoms with E-state index in [9.17, 15) is 18.0 Å². The number of para-hydroxylation sites is 1. The van der Waals surface area contributed by atoms with Gasteiger partial charge in [-0.3, -0.25) is 9.78 Å². The van der Waals surface area contributed by atoms with Crippen LogP contribution in [0.5, 0.6) is 0 Å². The van der Waals surface area contributed by atoms with E-state index in [1.807, 2.05) is 54.6 Å². The molecular formula is C24H29N5O4S. The van der Waals surface area contributed by atoms with Crippen LogP contribution in [0.4, 0.5) is 10.5 Å². The monoisotopic (exact) mass is 483 g/mol. The molecule has 1 unspecified atom stereocenters. The number of unbranched alkanes of at least 4 members (excludes halogenated alkanes) is 1. The van der Waals surface area contributed by atoms with Crippen molar-refractivity contribution < 1.29 is 18.0 Å². The number of hydrogen-bond donors (Lipinski definition) is 4. The molecule has 0 aliphatic heterocycles. The topological polar surface area (TPSA) is 129 Å². The maximum Gasteiger partial charge on any atom is 0.315 e. The summed E-state index contributed by atoms with van der Waals surface area (Å²) < 4.78 is 24.9. The van der Waals surface area contributed by atoms with Gasteiger partial charge in [0, 0.05) is 24.7 Å². The predicted octanol–water partition coefficient (Wildman–Crippen LogP) is 2.76. The predicted molar refractivity (Wildman–Crippen MR) is 133 cm³/mol. The van der Waals surface area contributed by atoms with Crippen LogP contribution in [-0.2, 0) is 21.4 Å². The molecule has 4 N–H and O–H groups in total. The van der Waals surface area contributed by atoms with E-state index < -0.39 is 22.1 Å². The summed E-state index contributed by atoms with van der Waals surface area (Å²) >= 11 is 0. The fourth-order valence-corrected chi connectivity index (χ4v) is 3.93. The van der Waals surface area contributed by atoms with E-state index in [1.54, 1.807) is 12.3 Å². The van der Waals surface area contributed by atoms with Crippen molar-refractivity contribution in [3.63, 3.8) is 0 Å². The zero-order valence-electron chi connectivity index (χ0n) is 19.0. The van der Waals surface area contributed by atoms with Crippen LogP contribution in [0.15, 0.2) is 66.9 Å². The van der Waals surface area contributed by atoms with Gasteiger partial charge in [-0.2, -0.15) is 0 Å². The number of amides is 3. The van der Waals surface area contributed by atoms with Crippen molar-refractivity contribution in [3.05, 3.63) is 72.4 Å². The second kappa shape index (κ2) is 12.1. The van der Waals surface area contributed by atoms with Crippen LogP contribution in [0, 0.1) is 0 Å². The average Bonchev–Trinajstić information content (AvgIpc) is 2.82. The van der Waals surface area contributed by atoms with Gasteiger partial charge < -0.3 is 16.0 Å². The van der Waals surface area contributed by atoms with Crippen LogP contribution in [-0.4, -0.2) is 44.2 Å². The standard InChI is InChI=1S/C24H29N5O4S/c1-34(32,33)27-16-6-5-13-21(29-24(31)26-17-18-9-3-2-4-10-18)23(30)28-20-14-7-11-19-12-8-15-25-22(19)20/h2-4,7-12,14-15,21,27H,5-6,13,16-17H2,1H3,(H,28,30)(H2,26,29,31). The molecule has 180 valence electrons. The van der Waals surface area contributed by atoms with Gasteiger partial charge in [-0.05, 0) is 37.0 Å². The number of nitrogens with one attached hydrogen (secondary N) is 4. The third-order valence-corrected chi connectivity index (χ3v) is 5.82. The van der Waals surface area contributed by atoms with Crippen LogP contribution in [0.3, 0.4) is 0 Å². The van der Waals surface area contributed by atoms with Crippen molar-refractivity contribution >= 4 is 38.6 Å². The Morgan fingerprint density at radius 1 is 0.971 bits per heavy atom. The summed E-state index contributed by atoms with van der Waals surface area (Å²) in [5.41, 5.74) is 2.15. The molecule has 9 nitrogen and oxygen atoms in total. The first kappa shape index (κ1) is 25.1. The van der Waals surface area contributed by atoms with Gasteiger partial charge in [0.15, 0.2) is 0 Å². The number of pyridine rings is 1. The normalized spacial score (nSPS) is 12.1. The first-order valence-electron chi connectivity index (χ1n) is 11.0. The number of nitrogens with zero attached hydrogens (tertiary/aromatic N) is 1. The van der Waals surface area contributed by atoms with E-state index in [0.29, 0.717) is 37.0 Å². The number of urea groups is 1. The van der Waals surface area contributed by atoms with Gasteiger partial charge in [-0.25, -0.2) is 17.9 Å². The zero-order valence-corrected chi connectivity index (χ0v) is 19.8. The Kier molecular flexibility index (Phi) is 8.94. The van der Waals surface area contributed by atoms with Gasteiger partial charge in [0.2, 0.25) is 15.9 Å². The lowest BCUT2D eigenvalue weighted by Gasteiger charge is -2.19. The first-order chi connectivity index (χ1) is 16.3. The summed E-state index contributed by atoms with van der Waals surface area (Å²) in [6.07, 6.45) is 4.15. The molecule has 1 heterocycles. The van der Waals surface area contributed by atoms with Gasteiger partial charge in [-0.15, -0.1) is 0 Å². The minimum atomic E-state index is -3.27. The highest BCUT2D eigenvalue weighted by molar-refractivity contribution is 7.88. The summed E-state index contributed by atoms with van der Waals surface area (Å²) in [6.45, 7) is 0.590. The van der Waals surface area contributed by atoms with Crippen LogP contribution in [0.25, 0.3) is 10.9 Å². The third kappa shape index (κ3) is 8.13. The van der Waals surface area contributed by atoms with Gasteiger partial charge in [0.1, 0.15) is 6.04 Å². The smallest absolute Gasteiger partial charge is 0.315 e. The molecule has 1 aromatic heterocycles. The Balaban J connectivity index is 1.64. The second-order valence-electron chi connectivity index (χ2n) is 7.90. The molecule has 0 fully saturated rings. The molecule has 0 aliphatic carbocycles. The molecule has 0 saturated carbocycles. The Bertz CT molecular complexity index is 1210. The van der Waals surface area contributed by atoms with Crippen LogP contribution in [0.2, 0.25) is 0 Å². The number of benzene rings is 2. The first-order valence-corrected chi connectivity index (χ1v) is 12.9. The van der Waals surface area contributed by atoms with Gasteiger partial charge in [-0.1, -0.05) is 48.5 Å². The SMILES string of the molecule is CS(=O)(=O)NCCCCC(NC(=O)NCc1ccccc1)C(=O)Nc1cccc2cccnc12. The van der Waals surface area contributed by atoms with Crippen molar-refractivity contribution in [3.8, 4) is 0 Å². The van der Waals surface area contributed by atoms with Crippen molar-refractivity contribution in [1.29, 1.82) is 0 Å². The lowest BCUT2D eigenvalue weighted by atomic mass is 10.1. The second-order valence-corrected chi connectivity index (χ2v) is 9.73. The maximum atomic E-state index is 13.1. The molecule has 0 aliphatic rings. The van der Waals surface area contributed by atoms with E-state index >= 15 is 0 Å². The number of carbonyl (C=O) groups excluding carboxylic acids is 2. The van der Waals surface area contributed by atoms with Crippen LogP contribution < -0.4 is 20.7 Å². The molecular weight excluding hydrogens is 454 g/mol. The fraction of sp³-hybridized carbons (Fsp3) is 0.292. The molecule has 3 aromatic rings. The molecule has 3 amide bonds. The lowest BCUT2D eigenvalue weighted by molar-refractivity contribution is -0.118. The Hall–Kier alpha value is -3.50. The van der Waals surface area contributed by atoms with Crippen LogP contribution >= 0.6 is 0 Å². The summed E-state index contributed by atoms with van der Waals surface area (Å²) in [7, 11) is -3.27. The number of rotatable bonds is 11. The summed E-state index contributed by atoms with van der Waals surface area (Å²) in [5, 5.41) is 9.27. The van der Waals surface area contributed by atoms with Crippen molar-refractivity contribution in [2.24, 2.45) is 0 Å². The van der Waals surface area contributed by atoms with Crippen molar-refractivity contribution in [2.45, 2.75) is 31.8 Å². The fourth-order valence-electron chi connectivity index (χ4n) is 3.41. The van der Waals surface area contributed by atoms with Crippen LogP contribution in [0.1, 0.15) is 24.8 Å². The van der Waals surface area contributed by atoms with Gasteiger partial charge >= 0.3 is 6.03 Å². The molecule has 1 atom stereocenters. The van der Waals surface area contributed by atoms with Gasteiger partial charge in [0.25, 0.3) is 0 Å². The van der Waals surface area contributed by atoms with E-state index in [0.717, 1.165) is 17.2 Å². The Morgan fingerprint density at radius 3 is 2.50 bits per heavy atom. The summed E-state index contributed by atoms with van der Waals surface area (Å²) in [6, 6.07) is 17.4. The highest BCUT2D eigenvalue weighted by atomic mass is 32.2. The number of hydrogen-bond acceptors (Lipinski definition) is 5. The number of aromatic nitrogens is 1. The van der Waals surface area contributed by atoms with Crippen molar-refractivity contribution in [2.75, 3.05) is 18.1 Å². The molecule has 0 bridgehead atoms. The molecule has 0 spiro atoms. The zero-order chi connectivity index (χ0) is 24.4. The number of fused-ring (bicyclic) bond motifs is 1. The largest absolute Gasteiger partial charge is 0.334 e. The highest BCUT2D eigenvalue weighted by Gasteiger charge is 2.21. The minimum Gasteiger partial charge on any atom is -0.334 e. The lowest BCUT2D eigenvalue weighted by Crippen LogP contribution is -2.47. The summed E-state index contributed by atoms with van der Waals surface area (Å²) in [4.78, 5) is 30.0. The van der Waals surface area contributed by atoms with E-state index in [2.05, 4.69) is 25.7 Å². The number of anilines is 1. The maximum absolute atomic E-state index is 13.1. The van der Waals surface area contributed by atoms with Crippen molar-refractivity contribution in [1.82, 2.24) is 20.3 Å².